The monoisotopic (exact) mass is 371 g/mol. The number of amides is 2. The second-order valence-electron chi connectivity index (χ2n) is 6.85. The summed E-state index contributed by atoms with van der Waals surface area (Å²) in [6.45, 7) is 1.66. The molecule has 3 heterocycles. The SMILES string of the molecule is O=C1N[C@H](C(=O)N2CCC(c3n[nH]c(=O)n3Cc3ccccc3)CC2)CO1. The molecule has 1 atom stereocenters. The van der Waals surface area contributed by atoms with Crippen LogP contribution in [0, 0.1) is 0 Å². The summed E-state index contributed by atoms with van der Waals surface area (Å²) in [6.07, 6.45) is 0.878. The molecule has 0 aliphatic carbocycles. The van der Waals surface area contributed by atoms with E-state index >= 15 is 0 Å². The fourth-order valence-corrected chi connectivity index (χ4v) is 3.66. The number of likely N-dealkylation sites (tertiary alicyclic amines) is 1. The van der Waals surface area contributed by atoms with E-state index in [1.807, 2.05) is 30.3 Å². The number of rotatable bonds is 4. The first-order valence-electron chi connectivity index (χ1n) is 9.03. The summed E-state index contributed by atoms with van der Waals surface area (Å²) in [5.74, 6) is 0.711. The number of nitrogens with one attached hydrogen (secondary N) is 2. The van der Waals surface area contributed by atoms with Crippen LogP contribution in [-0.2, 0) is 16.1 Å². The summed E-state index contributed by atoms with van der Waals surface area (Å²) in [5.41, 5.74) is 0.810. The van der Waals surface area contributed by atoms with Crippen LogP contribution in [0.1, 0.15) is 30.1 Å². The standard InChI is InChI=1S/C18H21N5O4/c24-16(14-11-27-18(26)19-14)22-8-6-13(7-9-22)15-20-21-17(25)23(15)10-12-4-2-1-3-5-12/h1-5,13-14H,6-11H2,(H,19,26)(H,21,25)/t14-/m0/s1. The van der Waals surface area contributed by atoms with Gasteiger partial charge < -0.3 is 15.0 Å². The van der Waals surface area contributed by atoms with Crippen molar-refractivity contribution in [3.05, 3.63) is 52.2 Å². The van der Waals surface area contributed by atoms with Crippen LogP contribution < -0.4 is 11.0 Å². The topological polar surface area (TPSA) is 109 Å². The van der Waals surface area contributed by atoms with E-state index in [0.29, 0.717) is 32.5 Å². The fraction of sp³-hybridized carbons (Fsp3) is 0.444. The van der Waals surface area contributed by atoms with Crippen LogP contribution in [0.25, 0.3) is 0 Å². The Morgan fingerprint density at radius 1 is 1.19 bits per heavy atom. The van der Waals surface area contributed by atoms with E-state index in [4.69, 9.17) is 4.74 Å². The lowest BCUT2D eigenvalue weighted by atomic mass is 9.95. The molecule has 0 saturated carbocycles. The maximum absolute atomic E-state index is 12.5. The number of carbonyl (C=O) groups is 2. The third-order valence-corrected chi connectivity index (χ3v) is 5.11. The van der Waals surface area contributed by atoms with Gasteiger partial charge in [0.1, 0.15) is 18.5 Å². The van der Waals surface area contributed by atoms with Gasteiger partial charge in [-0.15, -0.1) is 0 Å². The van der Waals surface area contributed by atoms with Crippen LogP contribution >= 0.6 is 0 Å². The van der Waals surface area contributed by atoms with Crippen LogP contribution in [-0.4, -0.2) is 57.4 Å². The van der Waals surface area contributed by atoms with E-state index in [0.717, 1.165) is 11.4 Å². The summed E-state index contributed by atoms with van der Waals surface area (Å²) >= 11 is 0. The molecule has 27 heavy (non-hydrogen) atoms. The van der Waals surface area contributed by atoms with Gasteiger partial charge in [0, 0.05) is 19.0 Å². The number of piperidine rings is 1. The van der Waals surface area contributed by atoms with E-state index in [2.05, 4.69) is 15.5 Å². The molecule has 1 aromatic carbocycles. The van der Waals surface area contributed by atoms with Crippen molar-refractivity contribution in [1.29, 1.82) is 0 Å². The number of ether oxygens (including phenoxy) is 1. The van der Waals surface area contributed by atoms with Crippen molar-refractivity contribution in [2.24, 2.45) is 0 Å². The van der Waals surface area contributed by atoms with Crippen molar-refractivity contribution >= 4 is 12.0 Å². The number of H-pyrrole nitrogens is 1. The zero-order valence-electron chi connectivity index (χ0n) is 14.8. The molecule has 2 aromatic rings. The summed E-state index contributed by atoms with van der Waals surface area (Å²) in [4.78, 5) is 37.5. The Morgan fingerprint density at radius 2 is 1.93 bits per heavy atom. The first-order valence-corrected chi connectivity index (χ1v) is 9.03. The number of hydrogen-bond donors (Lipinski definition) is 2. The minimum atomic E-state index is -0.601. The number of nitrogens with zero attached hydrogens (tertiary/aromatic N) is 3. The Kier molecular flexibility index (Phi) is 4.66. The van der Waals surface area contributed by atoms with Gasteiger partial charge >= 0.3 is 11.8 Å². The Morgan fingerprint density at radius 3 is 2.59 bits per heavy atom. The largest absolute Gasteiger partial charge is 0.447 e. The molecule has 2 saturated heterocycles. The van der Waals surface area contributed by atoms with E-state index in [9.17, 15) is 14.4 Å². The molecule has 2 amide bonds. The lowest BCUT2D eigenvalue weighted by molar-refractivity contribution is -0.134. The maximum atomic E-state index is 12.5. The van der Waals surface area contributed by atoms with Crippen molar-refractivity contribution in [2.45, 2.75) is 31.3 Å². The molecule has 2 aliphatic rings. The van der Waals surface area contributed by atoms with Crippen LogP contribution in [0.4, 0.5) is 4.79 Å². The minimum absolute atomic E-state index is 0.0770. The molecule has 9 nitrogen and oxygen atoms in total. The first-order chi connectivity index (χ1) is 13.1. The van der Waals surface area contributed by atoms with E-state index in [1.165, 1.54) is 0 Å². The molecule has 2 aliphatic heterocycles. The van der Waals surface area contributed by atoms with Gasteiger partial charge in [0.2, 0.25) is 5.91 Å². The maximum Gasteiger partial charge on any atom is 0.407 e. The Balaban J connectivity index is 1.42. The van der Waals surface area contributed by atoms with E-state index in [-0.39, 0.29) is 24.1 Å². The van der Waals surface area contributed by atoms with Gasteiger partial charge in [0.25, 0.3) is 0 Å². The molecule has 0 radical (unpaired) electrons. The Labute approximate surface area is 155 Å². The highest BCUT2D eigenvalue weighted by atomic mass is 16.6. The van der Waals surface area contributed by atoms with Crippen molar-refractivity contribution in [3.63, 3.8) is 0 Å². The molecule has 2 N–H and O–H groups in total. The van der Waals surface area contributed by atoms with Gasteiger partial charge in [-0.05, 0) is 18.4 Å². The average molecular weight is 371 g/mol. The van der Waals surface area contributed by atoms with E-state index in [1.54, 1.807) is 9.47 Å². The van der Waals surface area contributed by atoms with Gasteiger partial charge in [-0.25, -0.2) is 14.7 Å². The summed E-state index contributed by atoms with van der Waals surface area (Å²) in [5, 5.41) is 9.31. The van der Waals surface area contributed by atoms with Gasteiger partial charge in [0.15, 0.2) is 0 Å². The van der Waals surface area contributed by atoms with Crippen LogP contribution in [0.3, 0.4) is 0 Å². The predicted octanol–water partition coefficient (Wildman–Crippen LogP) is 0.434. The van der Waals surface area contributed by atoms with Crippen molar-refractivity contribution < 1.29 is 14.3 Å². The quantitative estimate of drug-likeness (QED) is 0.810. The third kappa shape index (κ3) is 3.57. The first kappa shape index (κ1) is 17.3. The molecule has 9 heteroatoms. The Hall–Kier alpha value is -3.10. The molecule has 4 rings (SSSR count). The number of benzene rings is 1. The minimum Gasteiger partial charge on any atom is -0.447 e. The molecule has 2 fully saturated rings. The zero-order valence-corrected chi connectivity index (χ0v) is 14.8. The smallest absolute Gasteiger partial charge is 0.407 e. The van der Waals surface area contributed by atoms with Crippen LogP contribution in [0.15, 0.2) is 35.1 Å². The second-order valence-corrected chi connectivity index (χ2v) is 6.85. The van der Waals surface area contributed by atoms with Gasteiger partial charge in [-0.2, -0.15) is 5.10 Å². The summed E-state index contributed by atoms with van der Waals surface area (Å²) in [6, 6.07) is 9.17. The number of cyclic esters (lactones) is 1. The molecule has 142 valence electrons. The normalized spacial score (nSPS) is 20.4. The van der Waals surface area contributed by atoms with Gasteiger partial charge in [0.05, 0.1) is 6.54 Å². The lowest BCUT2D eigenvalue weighted by Gasteiger charge is -2.32. The predicted molar refractivity (Wildman–Crippen MR) is 95.2 cm³/mol. The van der Waals surface area contributed by atoms with Gasteiger partial charge in [-0.3, -0.25) is 9.36 Å². The number of carbonyl (C=O) groups excluding carboxylic acids is 2. The van der Waals surface area contributed by atoms with E-state index < -0.39 is 12.1 Å². The molecular weight excluding hydrogens is 350 g/mol. The summed E-state index contributed by atoms with van der Waals surface area (Å²) < 4.78 is 6.46. The van der Waals surface area contributed by atoms with Crippen molar-refractivity contribution in [3.8, 4) is 0 Å². The second kappa shape index (κ2) is 7.26. The lowest BCUT2D eigenvalue weighted by Crippen LogP contribution is -2.48. The van der Waals surface area contributed by atoms with Crippen LogP contribution in [0.2, 0.25) is 0 Å². The Bertz CT molecular complexity index is 883. The number of aromatic amines is 1. The summed E-state index contributed by atoms with van der Waals surface area (Å²) in [7, 11) is 0. The molecular formula is C18H21N5O4. The van der Waals surface area contributed by atoms with Gasteiger partial charge in [-0.1, -0.05) is 30.3 Å². The highest BCUT2D eigenvalue weighted by molar-refractivity contribution is 5.87. The van der Waals surface area contributed by atoms with Crippen molar-refractivity contribution in [1.82, 2.24) is 25.0 Å². The molecule has 0 spiro atoms. The molecule has 0 unspecified atom stereocenters. The highest BCUT2D eigenvalue weighted by Crippen LogP contribution is 2.26. The molecule has 0 bridgehead atoms. The zero-order chi connectivity index (χ0) is 18.8. The van der Waals surface area contributed by atoms with Crippen LogP contribution in [0.5, 0.6) is 0 Å². The average Bonchev–Trinajstić information content (AvgIpc) is 3.29. The van der Waals surface area contributed by atoms with Crippen molar-refractivity contribution in [2.75, 3.05) is 19.7 Å². The molecule has 1 aromatic heterocycles. The number of alkyl carbamates (subject to hydrolysis) is 1. The fourth-order valence-electron chi connectivity index (χ4n) is 3.66. The highest BCUT2D eigenvalue weighted by Gasteiger charge is 2.35. The number of hydrogen-bond acceptors (Lipinski definition) is 5. The third-order valence-electron chi connectivity index (χ3n) is 5.11. The number of aromatic nitrogens is 3.